The SMILES string of the molecule is CC1(C)CC(COC(=O)C(CC(=O)OCC2CC(C)(C)N([O])C2(C)C)C(CC(=O)OCC2CC(C)(C)N([O])C2(C)C)C(=O)OCC2CC(C)(C)NC2(C)C)C(C)(C)N1. The Bertz CT molecular complexity index is 1420. The minimum absolute atomic E-state index is 0.0277. The molecule has 2 radical (unpaired) electrons. The highest BCUT2D eigenvalue weighted by molar-refractivity contribution is 5.88. The highest BCUT2D eigenvalue weighted by atomic mass is 16.6. The number of hydrogen-bond donors (Lipinski definition) is 2. The van der Waals surface area contributed by atoms with Gasteiger partial charge in [-0.3, -0.25) is 19.2 Å². The van der Waals surface area contributed by atoms with Crippen LogP contribution in [0.15, 0.2) is 0 Å². The van der Waals surface area contributed by atoms with Gasteiger partial charge < -0.3 is 29.6 Å². The summed E-state index contributed by atoms with van der Waals surface area (Å²) >= 11 is 0. The van der Waals surface area contributed by atoms with E-state index in [-0.39, 0.29) is 72.3 Å². The molecule has 0 bridgehead atoms. The largest absolute Gasteiger partial charge is 0.465 e. The molecule has 58 heavy (non-hydrogen) atoms. The van der Waals surface area contributed by atoms with E-state index in [1.165, 1.54) is 0 Å². The van der Waals surface area contributed by atoms with E-state index in [1.54, 1.807) is 0 Å². The Balaban J connectivity index is 1.61. The number of nitrogens with one attached hydrogen (secondary N) is 2. The lowest BCUT2D eigenvalue weighted by molar-refractivity contribution is -0.249. The summed E-state index contributed by atoms with van der Waals surface area (Å²) in [6.45, 7) is 31.1. The van der Waals surface area contributed by atoms with Crippen molar-refractivity contribution in [2.24, 2.45) is 35.5 Å². The molecule has 0 aromatic carbocycles. The summed E-state index contributed by atoms with van der Waals surface area (Å²) in [5.41, 5.74) is -4.07. The van der Waals surface area contributed by atoms with Gasteiger partial charge in [-0.1, -0.05) is 0 Å². The van der Waals surface area contributed by atoms with Crippen LogP contribution in [-0.4, -0.2) is 105 Å². The molecule has 4 fully saturated rings. The molecular formula is C44H76N4O10. The van der Waals surface area contributed by atoms with Crippen molar-refractivity contribution in [1.29, 1.82) is 0 Å². The summed E-state index contributed by atoms with van der Waals surface area (Å²) in [5.74, 6) is -6.74. The Morgan fingerprint density at radius 1 is 0.483 bits per heavy atom. The number of ether oxygens (including phenoxy) is 4. The summed E-state index contributed by atoms with van der Waals surface area (Å²) in [7, 11) is 0. The lowest BCUT2D eigenvalue weighted by Crippen LogP contribution is -2.47. The fourth-order valence-corrected chi connectivity index (χ4v) is 10.8. The molecule has 4 saturated heterocycles. The lowest BCUT2D eigenvalue weighted by Gasteiger charge is -2.33. The van der Waals surface area contributed by atoms with E-state index in [4.69, 9.17) is 18.9 Å². The smallest absolute Gasteiger partial charge is 0.310 e. The minimum Gasteiger partial charge on any atom is -0.465 e. The normalized spacial score (nSPS) is 31.0. The first kappa shape index (κ1) is 48.3. The summed E-state index contributed by atoms with van der Waals surface area (Å²) in [5, 5.41) is 35.4. The average Bonchev–Trinajstić information content (AvgIpc) is 3.56. The zero-order valence-electron chi connectivity index (χ0n) is 38.5. The maximum Gasteiger partial charge on any atom is 0.310 e. The first-order valence-corrected chi connectivity index (χ1v) is 21.3. The van der Waals surface area contributed by atoms with Gasteiger partial charge in [-0.25, -0.2) is 0 Å². The molecule has 0 spiro atoms. The Labute approximate surface area is 348 Å². The first-order chi connectivity index (χ1) is 26.1. The molecular weight excluding hydrogens is 745 g/mol. The van der Waals surface area contributed by atoms with Crippen LogP contribution >= 0.6 is 0 Å². The van der Waals surface area contributed by atoms with Crippen LogP contribution in [0.1, 0.15) is 149 Å². The number of rotatable bonds is 15. The van der Waals surface area contributed by atoms with E-state index < -0.39 is 70.7 Å². The number of nitrogens with zero attached hydrogens (tertiary/aromatic N) is 2. The molecule has 4 aliphatic rings. The monoisotopic (exact) mass is 821 g/mol. The minimum atomic E-state index is -1.44. The van der Waals surface area contributed by atoms with Crippen molar-refractivity contribution in [3.8, 4) is 0 Å². The number of hydrogen-bond acceptors (Lipinski definition) is 12. The Morgan fingerprint density at radius 2 is 0.776 bits per heavy atom. The molecule has 0 aromatic heterocycles. The molecule has 14 nitrogen and oxygen atoms in total. The van der Waals surface area contributed by atoms with Gasteiger partial charge in [-0.15, -0.1) is 20.5 Å². The highest BCUT2D eigenvalue weighted by Crippen LogP contribution is 2.45. The van der Waals surface area contributed by atoms with Gasteiger partial charge in [0.1, 0.15) is 0 Å². The predicted molar refractivity (Wildman–Crippen MR) is 216 cm³/mol. The second kappa shape index (κ2) is 16.5. The van der Waals surface area contributed by atoms with Crippen molar-refractivity contribution in [3.05, 3.63) is 0 Å². The summed E-state index contributed by atoms with van der Waals surface area (Å²) in [6.07, 6.45) is 1.32. The van der Waals surface area contributed by atoms with Crippen molar-refractivity contribution in [2.45, 2.75) is 194 Å². The zero-order chi connectivity index (χ0) is 44.2. The lowest BCUT2D eigenvalue weighted by atomic mass is 9.85. The third kappa shape index (κ3) is 10.7. The third-order valence-corrected chi connectivity index (χ3v) is 14.1. The fourth-order valence-electron chi connectivity index (χ4n) is 10.8. The van der Waals surface area contributed by atoms with E-state index in [0.717, 1.165) is 23.0 Å². The van der Waals surface area contributed by atoms with Gasteiger partial charge in [0.15, 0.2) is 0 Å². The quantitative estimate of drug-likeness (QED) is 0.147. The van der Waals surface area contributed by atoms with Gasteiger partial charge in [0.25, 0.3) is 0 Å². The van der Waals surface area contributed by atoms with E-state index >= 15 is 0 Å². The Morgan fingerprint density at radius 3 is 1.02 bits per heavy atom. The van der Waals surface area contributed by atoms with Gasteiger partial charge in [0.05, 0.1) is 62.2 Å². The molecule has 4 aliphatic heterocycles. The van der Waals surface area contributed by atoms with Crippen molar-refractivity contribution in [1.82, 2.24) is 20.8 Å². The third-order valence-electron chi connectivity index (χ3n) is 14.1. The highest BCUT2D eigenvalue weighted by Gasteiger charge is 2.54. The van der Waals surface area contributed by atoms with Crippen LogP contribution in [-0.2, 0) is 48.5 Å². The molecule has 0 saturated carbocycles. The van der Waals surface area contributed by atoms with Crippen LogP contribution in [0.5, 0.6) is 0 Å². The van der Waals surface area contributed by atoms with E-state index in [0.29, 0.717) is 12.8 Å². The Kier molecular flexibility index (Phi) is 13.7. The molecule has 0 aliphatic carbocycles. The van der Waals surface area contributed by atoms with Crippen molar-refractivity contribution >= 4 is 23.9 Å². The molecule has 4 heterocycles. The number of carbonyl (C=O) groups excluding carboxylic acids is 4. The second-order valence-corrected chi connectivity index (χ2v) is 22.8. The van der Waals surface area contributed by atoms with Crippen LogP contribution in [0.4, 0.5) is 0 Å². The van der Waals surface area contributed by atoms with Crippen LogP contribution in [0, 0.1) is 35.5 Å². The van der Waals surface area contributed by atoms with Crippen LogP contribution in [0.2, 0.25) is 0 Å². The van der Waals surface area contributed by atoms with E-state index in [1.807, 2.05) is 83.1 Å². The average molecular weight is 821 g/mol. The van der Waals surface area contributed by atoms with Crippen LogP contribution < -0.4 is 10.6 Å². The topological polar surface area (TPSA) is 176 Å². The van der Waals surface area contributed by atoms with Gasteiger partial charge in [-0.2, -0.15) is 0 Å². The van der Waals surface area contributed by atoms with Gasteiger partial charge in [0.2, 0.25) is 0 Å². The maximum absolute atomic E-state index is 14.3. The van der Waals surface area contributed by atoms with Crippen LogP contribution in [0.3, 0.4) is 0 Å². The number of esters is 4. The second-order valence-electron chi connectivity index (χ2n) is 22.8. The molecule has 2 N–H and O–H groups in total. The first-order valence-electron chi connectivity index (χ1n) is 21.3. The molecule has 6 atom stereocenters. The summed E-state index contributed by atoms with van der Waals surface area (Å²) in [4.78, 5) is 56.2. The molecule has 0 amide bonds. The van der Waals surface area contributed by atoms with Gasteiger partial charge in [0, 0.05) is 56.9 Å². The van der Waals surface area contributed by atoms with Crippen molar-refractivity contribution < 1.29 is 48.5 Å². The molecule has 4 rings (SSSR count). The van der Waals surface area contributed by atoms with Crippen LogP contribution in [0.25, 0.3) is 0 Å². The predicted octanol–water partition coefficient (Wildman–Crippen LogP) is 5.95. The zero-order valence-corrected chi connectivity index (χ0v) is 38.5. The number of carbonyl (C=O) groups is 4. The van der Waals surface area contributed by atoms with E-state index in [9.17, 15) is 29.6 Å². The van der Waals surface area contributed by atoms with E-state index in [2.05, 4.69) is 38.3 Å². The molecule has 332 valence electrons. The standard InChI is InChI=1S/C44H76N4O10/c1-37(2)19-27(41(9,10)45-37)23-57-35(51)31(17-33(49)55-25-29-21-39(5,6)47(53)43(29,13)14)32(36(52)58-24-28-20-38(3,4)46-42(28,11)12)18-34(50)56-26-30-22-40(7,8)48(54)44(30,15)16/h27-32,45-46H,17-26H2,1-16H3. The number of hydroxylamine groups is 4. The van der Waals surface area contributed by atoms with Crippen molar-refractivity contribution in [3.63, 3.8) is 0 Å². The van der Waals surface area contributed by atoms with Gasteiger partial charge in [-0.05, 0) is 136 Å². The maximum atomic E-state index is 14.3. The fraction of sp³-hybridized carbons (Fsp3) is 0.909. The van der Waals surface area contributed by atoms with Crippen molar-refractivity contribution in [2.75, 3.05) is 26.4 Å². The van der Waals surface area contributed by atoms with Gasteiger partial charge >= 0.3 is 23.9 Å². The molecule has 6 unspecified atom stereocenters. The molecule has 0 aromatic rings. The molecule has 14 heteroatoms. The Hall–Kier alpha value is -2.36. The summed E-state index contributed by atoms with van der Waals surface area (Å²) < 4.78 is 23.5. The summed E-state index contributed by atoms with van der Waals surface area (Å²) in [6, 6.07) is 0.